The zero-order chi connectivity index (χ0) is 9.90. The summed E-state index contributed by atoms with van der Waals surface area (Å²) in [7, 11) is 0. The highest BCUT2D eigenvalue weighted by atomic mass is 19.3. The zero-order valence-corrected chi connectivity index (χ0v) is 7.30. The van der Waals surface area contributed by atoms with Gasteiger partial charge in [0.2, 0.25) is 0 Å². The Morgan fingerprint density at radius 1 is 1.54 bits per heavy atom. The summed E-state index contributed by atoms with van der Waals surface area (Å²) in [4.78, 5) is 7.49. The summed E-state index contributed by atoms with van der Waals surface area (Å²) in [6.07, 6.45) is 2.33. The van der Waals surface area contributed by atoms with Crippen LogP contribution in [-0.4, -0.2) is 22.4 Å². The van der Waals surface area contributed by atoms with Gasteiger partial charge >= 0.3 is 0 Å². The van der Waals surface area contributed by atoms with Crippen LogP contribution in [0.15, 0.2) is 12.5 Å². The van der Waals surface area contributed by atoms with Crippen LogP contribution >= 0.6 is 0 Å². The molecule has 0 aliphatic rings. The van der Waals surface area contributed by atoms with E-state index in [4.69, 9.17) is 5.73 Å². The maximum atomic E-state index is 12.8. The Hall–Kier alpha value is -1.10. The van der Waals surface area contributed by atoms with E-state index in [9.17, 15) is 8.78 Å². The zero-order valence-electron chi connectivity index (χ0n) is 7.30. The lowest BCUT2D eigenvalue weighted by Crippen LogP contribution is -2.30. The van der Waals surface area contributed by atoms with Gasteiger partial charge in [-0.25, -0.2) is 18.7 Å². The molecule has 1 rings (SSSR count). The maximum absolute atomic E-state index is 12.8. The van der Waals surface area contributed by atoms with Crippen molar-refractivity contribution in [3.8, 4) is 0 Å². The van der Waals surface area contributed by atoms with Crippen LogP contribution in [0.1, 0.15) is 11.3 Å². The highest BCUT2D eigenvalue weighted by Crippen LogP contribution is 2.18. The molecule has 3 nitrogen and oxygen atoms in total. The summed E-state index contributed by atoms with van der Waals surface area (Å²) in [5.41, 5.74) is 5.93. The van der Waals surface area contributed by atoms with Gasteiger partial charge in [0.1, 0.15) is 6.33 Å². The normalized spacial score (nSPS) is 11.7. The minimum atomic E-state index is -2.87. The number of aryl methyl sites for hydroxylation is 1. The van der Waals surface area contributed by atoms with Crippen LogP contribution in [0.5, 0.6) is 0 Å². The first-order valence-corrected chi connectivity index (χ1v) is 3.88. The molecule has 0 aliphatic heterocycles. The predicted octanol–water partition coefficient (Wildman–Crippen LogP) is 0.922. The van der Waals surface area contributed by atoms with E-state index in [2.05, 4.69) is 9.97 Å². The van der Waals surface area contributed by atoms with Crippen LogP contribution < -0.4 is 5.73 Å². The number of nitrogens with zero attached hydrogens (tertiary/aromatic N) is 2. The van der Waals surface area contributed by atoms with Crippen LogP contribution in [0.4, 0.5) is 8.78 Å². The Balaban J connectivity index is 2.80. The Morgan fingerprint density at radius 2 is 2.23 bits per heavy atom. The lowest BCUT2D eigenvalue weighted by molar-refractivity contribution is 0.0112. The molecule has 0 aromatic carbocycles. The van der Waals surface area contributed by atoms with Gasteiger partial charge in [-0.05, 0) is 12.5 Å². The fourth-order valence-electron chi connectivity index (χ4n) is 0.944. The van der Waals surface area contributed by atoms with Crippen LogP contribution in [0.25, 0.3) is 0 Å². The fraction of sp³-hybridized carbons (Fsp3) is 0.500. The minimum Gasteiger partial charge on any atom is -0.325 e. The van der Waals surface area contributed by atoms with Crippen molar-refractivity contribution in [1.29, 1.82) is 0 Å². The van der Waals surface area contributed by atoms with Gasteiger partial charge in [0, 0.05) is 18.3 Å². The third kappa shape index (κ3) is 2.69. The molecule has 0 fully saturated rings. The number of rotatable bonds is 3. The lowest BCUT2D eigenvalue weighted by atomic mass is 10.1. The molecule has 1 heterocycles. The maximum Gasteiger partial charge on any atom is 0.264 e. The van der Waals surface area contributed by atoms with E-state index < -0.39 is 18.9 Å². The second-order valence-corrected chi connectivity index (χ2v) is 2.87. The van der Waals surface area contributed by atoms with Crippen molar-refractivity contribution in [2.45, 2.75) is 19.3 Å². The van der Waals surface area contributed by atoms with Gasteiger partial charge in [-0.15, -0.1) is 0 Å². The summed E-state index contributed by atoms with van der Waals surface area (Å²) in [5.74, 6) is -2.87. The van der Waals surface area contributed by atoms with Crippen LogP contribution in [0.2, 0.25) is 0 Å². The van der Waals surface area contributed by atoms with Crippen LogP contribution in [0, 0.1) is 6.92 Å². The van der Waals surface area contributed by atoms with Crippen molar-refractivity contribution in [2.24, 2.45) is 5.73 Å². The molecule has 5 heteroatoms. The molecule has 0 atom stereocenters. The summed E-state index contributed by atoms with van der Waals surface area (Å²) in [5, 5.41) is 0. The molecule has 0 spiro atoms. The smallest absolute Gasteiger partial charge is 0.264 e. The van der Waals surface area contributed by atoms with Crippen molar-refractivity contribution in [1.82, 2.24) is 9.97 Å². The van der Waals surface area contributed by atoms with Crippen molar-refractivity contribution >= 4 is 0 Å². The average molecular weight is 187 g/mol. The van der Waals surface area contributed by atoms with Gasteiger partial charge in [0.25, 0.3) is 5.92 Å². The molecule has 1 aromatic rings. The molecule has 13 heavy (non-hydrogen) atoms. The largest absolute Gasteiger partial charge is 0.325 e. The molecule has 0 aliphatic carbocycles. The van der Waals surface area contributed by atoms with Gasteiger partial charge in [0.05, 0.1) is 6.54 Å². The molecule has 72 valence electrons. The first kappa shape index (κ1) is 9.98. The van der Waals surface area contributed by atoms with Gasteiger partial charge in [0.15, 0.2) is 0 Å². The summed E-state index contributed by atoms with van der Waals surface area (Å²) >= 11 is 0. The summed E-state index contributed by atoms with van der Waals surface area (Å²) < 4.78 is 25.7. The molecular formula is C8H11F2N3. The molecule has 0 amide bonds. The van der Waals surface area contributed by atoms with Gasteiger partial charge in [-0.3, -0.25) is 0 Å². The Kier molecular flexibility index (Phi) is 2.87. The van der Waals surface area contributed by atoms with E-state index in [-0.39, 0.29) is 0 Å². The Labute approximate surface area is 75.0 Å². The molecular weight excluding hydrogens is 176 g/mol. The quantitative estimate of drug-likeness (QED) is 0.765. The van der Waals surface area contributed by atoms with Crippen LogP contribution in [0.3, 0.4) is 0 Å². The number of nitrogens with two attached hydrogens (primary N) is 1. The van der Waals surface area contributed by atoms with Gasteiger partial charge in [-0.1, -0.05) is 0 Å². The Bertz CT molecular complexity index is 288. The monoisotopic (exact) mass is 187 g/mol. The average Bonchev–Trinajstić information content (AvgIpc) is 2.09. The summed E-state index contributed by atoms with van der Waals surface area (Å²) in [6.45, 7) is 1.02. The fourth-order valence-corrected chi connectivity index (χ4v) is 0.944. The van der Waals surface area contributed by atoms with Crippen molar-refractivity contribution in [3.63, 3.8) is 0 Å². The summed E-state index contributed by atoms with van der Waals surface area (Å²) in [6, 6.07) is 0. The number of alkyl halides is 2. The number of hydrogen-bond acceptors (Lipinski definition) is 3. The van der Waals surface area contributed by atoms with E-state index in [0.717, 1.165) is 0 Å². The number of halogens is 2. The first-order chi connectivity index (χ1) is 6.05. The molecule has 0 unspecified atom stereocenters. The second-order valence-electron chi connectivity index (χ2n) is 2.87. The van der Waals surface area contributed by atoms with E-state index in [1.807, 2.05) is 0 Å². The number of hydrogen-bond donors (Lipinski definition) is 1. The third-order valence-corrected chi connectivity index (χ3v) is 1.76. The lowest BCUT2D eigenvalue weighted by Gasteiger charge is -2.13. The van der Waals surface area contributed by atoms with Gasteiger partial charge in [-0.2, -0.15) is 0 Å². The van der Waals surface area contributed by atoms with E-state index >= 15 is 0 Å². The molecule has 2 N–H and O–H groups in total. The molecule has 0 radical (unpaired) electrons. The second kappa shape index (κ2) is 3.74. The predicted molar refractivity (Wildman–Crippen MR) is 44.5 cm³/mol. The van der Waals surface area contributed by atoms with Crippen molar-refractivity contribution in [2.75, 3.05) is 6.54 Å². The number of aromatic nitrogens is 2. The van der Waals surface area contributed by atoms with Crippen LogP contribution in [-0.2, 0) is 6.42 Å². The molecule has 0 saturated carbocycles. The highest BCUT2D eigenvalue weighted by Gasteiger charge is 2.27. The molecule has 0 saturated heterocycles. The third-order valence-electron chi connectivity index (χ3n) is 1.76. The molecule has 1 aromatic heterocycles. The van der Waals surface area contributed by atoms with Crippen molar-refractivity contribution in [3.05, 3.63) is 23.8 Å². The minimum absolute atomic E-state index is 0.393. The molecule has 0 bridgehead atoms. The SMILES string of the molecule is Cc1ncncc1CC(F)(F)CN. The van der Waals surface area contributed by atoms with Gasteiger partial charge < -0.3 is 5.73 Å². The standard InChI is InChI=1S/C8H11F2N3/c1-6-7(3-12-5-13-6)2-8(9,10)4-11/h3,5H,2,4,11H2,1H3. The Morgan fingerprint density at radius 3 is 2.77 bits per heavy atom. The van der Waals surface area contributed by atoms with Crippen molar-refractivity contribution < 1.29 is 8.78 Å². The first-order valence-electron chi connectivity index (χ1n) is 3.88. The highest BCUT2D eigenvalue weighted by molar-refractivity contribution is 5.15. The topological polar surface area (TPSA) is 51.8 Å². The van der Waals surface area contributed by atoms with E-state index in [0.29, 0.717) is 11.3 Å². The van der Waals surface area contributed by atoms with E-state index in [1.165, 1.54) is 12.5 Å². The van der Waals surface area contributed by atoms with E-state index in [1.54, 1.807) is 6.92 Å².